The van der Waals surface area contributed by atoms with Crippen LogP contribution in [0, 0.1) is 0 Å². The molecule has 25 heavy (non-hydrogen) atoms. The van der Waals surface area contributed by atoms with Gasteiger partial charge in [0.15, 0.2) is 6.61 Å². The van der Waals surface area contributed by atoms with Gasteiger partial charge in [0.25, 0.3) is 5.91 Å². The van der Waals surface area contributed by atoms with Crippen LogP contribution in [0.4, 0.5) is 0 Å². The Labute approximate surface area is 151 Å². The van der Waals surface area contributed by atoms with E-state index in [9.17, 15) is 4.79 Å². The summed E-state index contributed by atoms with van der Waals surface area (Å²) in [5.74, 6) is 1.42. The van der Waals surface area contributed by atoms with Crippen LogP contribution in [0.25, 0.3) is 10.8 Å². The van der Waals surface area contributed by atoms with Crippen LogP contribution in [-0.4, -0.2) is 30.5 Å². The summed E-state index contributed by atoms with van der Waals surface area (Å²) in [5.41, 5.74) is 1.42. The first-order valence-corrected chi connectivity index (χ1v) is 9.65. The Hall–Kier alpha value is -2.33. The summed E-state index contributed by atoms with van der Waals surface area (Å²) in [6.07, 6.45) is 2.08. The van der Waals surface area contributed by atoms with Crippen molar-refractivity contribution in [2.45, 2.75) is 18.8 Å². The average Bonchev–Trinajstić information content (AvgIpc) is 3.21. The molecule has 0 unspecified atom stereocenters. The number of carbonyl (C=O) groups is 1. The van der Waals surface area contributed by atoms with Gasteiger partial charge in [0.2, 0.25) is 0 Å². The molecule has 1 aromatic heterocycles. The second kappa shape index (κ2) is 7.28. The van der Waals surface area contributed by atoms with Crippen LogP contribution in [-0.2, 0) is 4.79 Å². The number of carbonyl (C=O) groups excluding carboxylic acids is 1. The molecule has 0 aliphatic carbocycles. The maximum absolute atomic E-state index is 12.4. The number of piperidine rings is 1. The summed E-state index contributed by atoms with van der Waals surface area (Å²) in [6, 6.07) is 16.3. The lowest BCUT2D eigenvalue weighted by atomic mass is 9.91. The highest BCUT2D eigenvalue weighted by Gasteiger charge is 2.24. The molecule has 4 rings (SSSR count). The third-order valence-electron chi connectivity index (χ3n) is 4.95. The predicted molar refractivity (Wildman–Crippen MR) is 102 cm³/mol. The van der Waals surface area contributed by atoms with Crippen molar-refractivity contribution >= 4 is 28.0 Å². The van der Waals surface area contributed by atoms with Crippen molar-refractivity contribution in [1.29, 1.82) is 0 Å². The van der Waals surface area contributed by atoms with E-state index >= 15 is 0 Å². The molecule has 0 atom stereocenters. The third-order valence-corrected chi connectivity index (χ3v) is 5.65. The molecule has 0 N–H and O–H groups in total. The zero-order valence-corrected chi connectivity index (χ0v) is 14.9. The fourth-order valence-electron chi connectivity index (χ4n) is 3.46. The summed E-state index contributed by atoms with van der Waals surface area (Å²) in [6.45, 7) is 1.75. The lowest BCUT2D eigenvalue weighted by Crippen LogP contribution is -2.40. The molecule has 1 fully saturated rings. The fourth-order valence-corrected chi connectivity index (χ4v) is 4.21. The Balaban J connectivity index is 1.31. The van der Waals surface area contributed by atoms with Crippen molar-refractivity contribution in [3.05, 3.63) is 64.9 Å². The van der Waals surface area contributed by atoms with Crippen LogP contribution in [0.2, 0.25) is 0 Å². The van der Waals surface area contributed by atoms with E-state index in [1.54, 1.807) is 11.3 Å². The van der Waals surface area contributed by atoms with Gasteiger partial charge in [-0.15, -0.1) is 0 Å². The van der Waals surface area contributed by atoms with Crippen LogP contribution >= 0.6 is 11.3 Å². The monoisotopic (exact) mass is 351 g/mol. The lowest BCUT2D eigenvalue weighted by Gasteiger charge is -2.31. The smallest absolute Gasteiger partial charge is 0.260 e. The quantitative estimate of drug-likeness (QED) is 0.683. The SMILES string of the molecule is O=C(COc1ccc2ccccc2c1)N1CCC(c2ccsc2)CC1. The van der Waals surface area contributed by atoms with Gasteiger partial charge in [-0.25, -0.2) is 0 Å². The number of nitrogens with zero attached hydrogens (tertiary/aromatic N) is 1. The van der Waals surface area contributed by atoms with Gasteiger partial charge in [0.1, 0.15) is 5.75 Å². The van der Waals surface area contributed by atoms with E-state index in [-0.39, 0.29) is 12.5 Å². The Kier molecular flexibility index (Phi) is 4.70. The van der Waals surface area contributed by atoms with Crippen molar-refractivity contribution in [3.63, 3.8) is 0 Å². The second-order valence-electron chi connectivity index (χ2n) is 6.51. The van der Waals surface area contributed by atoms with E-state index in [1.165, 1.54) is 10.9 Å². The normalized spacial score (nSPS) is 15.4. The number of rotatable bonds is 4. The summed E-state index contributed by atoms with van der Waals surface area (Å²) in [7, 11) is 0. The zero-order valence-electron chi connectivity index (χ0n) is 14.1. The molecule has 1 saturated heterocycles. The highest BCUT2D eigenvalue weighted by Crippen LogP contribution is 2.29. The van der Waals surface area contributed by atoms with Gasteiger partial charge in [-0.1, -0.05) is 30.3 Å². The van der Waals surface area contributed by atoms with Crippen molar-refractivity contribution in [2.75, 3.05) is 19.7 Å². The minimum absolute atomic E-state index is 0.0805. The molecule has 2 aromatic carbocycles. The van der Waals surface area contributed by atoms with Crippen LogP contribution in [0.15, 0.2) is 59.3 Å². The number of likely N-dealkylation sites (tertiary alicyclic amines) is 1. The number of benzene rings is 2. The first-order valence-electron chi connectivity index (χ1n) is 8.71. The van der Waals surface area contributed by atoms with Crippen molar-refractivity contribution < 1.29 is 9.53 Å². The van der Waals surface area contributed by atoms with Crippen LogP contribution in [0.1, 0.15) is 24.3 Å². The van der Waals surface area contributed by atoms with Crippen LogP contribution < -0.4 is 4.74 Å². The first kappa shape index (κ1) is 16.2. The summed E-state index contributed by atoms with van der Waals surface area (Å²) < 4.78 is 5.74. The van der Waals surface area contributed by atoms with E-state index in [0.717, 1.165) is 37.1 Å². The Morgan fingerprint density at radius 1 is 1.08 bits per heavy atom. The van der Waals surface area contributed by atoms with Crippen LogP contribution in [0.5, 0.6) is 5.75 Å². The number of thiophene rings is 1. The van der Waals surface area contributed by atoms with E-state index < -0.39 is 0 Å². The molecule has 4 heteroatoms. The molecule has 1 aliphatic rings. The molecule has 3 aromatic rings. The van der Waals surface area contributed by atoms with Crippen molar-refractivity contribution in [2.24, 2.45) is 0 Å². The molecule has 1 amide bonds. The number of hydrogen-bond acceptors (Lipinski definition) is 3. The molecular weight excluding hydrogens is 330 g/mol. The van der Waals surface area contributed by atoms with Gasteiger partial charge in [-0.05, 0) is 64.1 Å². The predicted octanol–water partition coefficient (Wildman–Crippen LogP) is 4.69. The maximum atomic E-state index is 12.4. The standard InChI is InChI=1S/C21H21NO2S/c23-21(22-10-7-17(8-11-22)19-9-12-25-15-19)14-24-20-6-5-16-3-1-2-4-18(16)13-20/h1-6,9,12-13,15,17H,7-8,10-11,14H2. The number of fused-ring (bicyclic) bond motifs is 1. The topological polar surface area (TPSA) is 29.5 Å². The van der Waals surface area contributed by atoms with E-state index in [0.29, 0.717) is 5.92 Å². The van der Waals surface area contributed by atoms with Crippen molar-refractivity contribution in [1.82, 2.24) is 4.90 Å². The Morgan fingerprint density at radius 2 is 1.88 bits per heavy atom. The van der Waals surface area contributed by atoms with Gasteiger partial charge < -0.3 is 9.64 Å². The summed E-state index contributed by atoms with van der Waals surface area (Å²) in [5, 5.41) is 6.66. The molecular formula is C21H21NO2S. The molecule has 128 valence electrons. The van der Waals surface area contributed by atoms with Gasteiger partial charge in [0, 0.05) is 13.1 Å². The molecule has 0 radical (unpaired) electrons. The Bertz CT molecular complexity index is 851. The van der Waals surface area contributed by atoms with Gasteiger partial charge in [-0.3, -0.25) is 4.79 Å². The molecule has 0 bridgehead atoms. The molecule has 0 spiro atoms. The van der Waals surface area contributed by atoms with Gasteiger partial charge in [0.05, 0.1) is 0 Å². The molecule has 0 saturated carbocycles. The fraction of sp³-hybridized carbons (Fsp3) is 0.286. The molecule has 3 nitrogen and oxygen atoms in total. The summed E-state index contributed by atoms with van der Waals surface area (Å²) >= 11 is 1.75. The van der Waals surface area contributed by atoms with Crippen molar-refractivity contribution in [3.8, 4) is 5.75 Å². The van der Waals surface area contributed by atoms with E-state index in [2.05, 4.69) is 29.0 Å². The highest BCUT2D eigenvalue weighted by molar-refractivity contribution is 7.07. The molecule has 1 aliphatic heterocycles. The van der Waals surface area contributed by atoms with Crippen LogP contribution in [0.3, 0.4) is 0 Å². The average molecular weight is 351 g/mol. The van der Waals surface area contributed by atoms with Gasteiger partial charge in [-0.2, -0.15) is 11.3 Å². The zero-order chi connectivity index (χ0) is 17.1. The number of hydrogen-bond donors (Lipinski definition) is 0. The highest BCUT2D eigenvalue weighted by atomic mass is 32.1. The minimum Gasteiger partial charge on any atom is -0.484 e. The summed E-state index contributed by atoms with van der Waals surface area (Å²) in [4.78, 5) is 14.4. The largest absolute Gasteiger partial charge is 0.484 e. The second-order valence-corrected chi connectivity index (χ2v) is 7.29. The Morgan fingerprint density at radius 3 is 2.64 bits per heavy atom. The third kappa shape index (κ3) is 3.69. The van der Waals surface area contributed by atoms with E-state index in [4.69, 9.17) is 4.74 Å². The lowest BCUT2D eigenvalue weighted by molar-refractivity contribution is -0.134. The van der Waals surface area contributed by atoms with E-state index in [1.807, 2.05) is 35.2 Å². The number of ether oxygens (including phenoxy) is 1. The maximum Gasteiger partial charge on any atom is 0.260 e. The van der Waals surface area contributed by atoms with Gasteiger partial charge >= 0.3 is 0 Å². The first-order chi connectivity index (χ1) is 12.3. The molecule has 2 heterocycles. The minimum atomic E-state index is 0.0805. The number of amides is 1.